The van der Waals surface area contributed by atoms with Gasteiger partial charge in [0.1, 0.15) is 25.0 Å². The van der Waals surface area contributed by atoms with Crippen LogP contribution in [0.1, 0.15) is 12.8 Å². The molecule has 1 aliphatic heterocycles. The van der Waals surface area contributed by atoms with Gasteiger partial charge in [-0.05, 0) is 18.6 Å². The van der Waals surface area contributed by atoms with E-state index in [2.05, 4.69) is 15.1 Å². The first-order chi connectivity index (χ1) is 11.8. The van der Waals surface area contributed by atoms with Crippen LogP contribution in [-0.2, 0) is 16.1 Å². The maximum atomic E-state index is 12.6. The Hall–Kier alpha value is -2.48. The van der Waals surface area contributed by atoms with Gasteiger partial charge in [0.05, 0.1) is 24.9 Å². The topological polar surface area (TPSA) is 82.4 Å². The third-order valence-corrected chi connectivity index (χ3v) is 4.13. The van der Waals surface area contributed by atoms with E-state index < -0.39 is 0 Å². The smallest absolute Gasteiger partial charge is 0.224 e. The number of hydrogen-bond donors (Lipinski definition) is 0. The molecular formula is C16H21N5O3. The SMILES string of the molecule is CO[C@@H]1C[C@@H](COc2cccnc2)N(C(=O)CCn2cncn2)C1. The molecule has 0 radical (unpaired) electrons. The van der Waals surface area contributed by atoms with Gasteiger partial charge in [0.25, 0.3) is 0 Å². The van der Waals surface area contributed by atoms with Crippen molar-refractivity contribution in [2.24, 2.45) is 0 Å². The second-order valence-electron chi connectivity index (χ2n) is 5.70. The fourth-order valence-corrected chi connectivity index (χ4v) is 2.83. The summed E-state index contributed by atoms with van der Waals surface area (Å²) in [5.74, 6) is 0.776. The van der Waals surface area contributed by atoms with Crippen LogP contribution in [0.2, 0.25) is 0 Å². The van der Waals surface area contributed by atoms with Gasteiger partial charge in [-0.15, -0.1) is 0 Å². The number of aromatic nitrogens is 4. The van der Waals surface area contributed by atoms with Crippen molar-refractivity contribution in [1.82, 2.24) is 24.6 Å². The van der Waals surface area contributed by atoms with E-state index in [1.165, 1.54) is 6.33 Å². The number of ether oxygens (including phenoxy) is 2. The molecule has 1 saturated heterocycles. The van der Waals surface area contributed by atoms with Crippen molar-refractivity contribution in [3.8, 4) is 5.75 Å². The zero-order valence-electron chi connectivity index (χ0n) is 13.6. The third kappa shape index (κ3) is 4.08. The number of amides is 1. The van der Waals surface area contributed by atoms with Gasteiger partial charge in [-0.1, -0.05) is 0 Å². The molecule has 0 unspecified atom stereocenters. The lowest BCUT2D eigenvalue weighted by molar-refractivity contribution is -0.133. The van der Waals surface area contributed by atoms with Gasteiger partial charge < -0.3 is 14.4 Å². The molecule has 3 rings (SSSR count). The first-order valence-electron chi connectivity index (χ1n) is 7.93. The van der Waals surface area contributed by atoms with Gasteiger partial charge in [0, 0.05) is 26.3 Å². The summed E-state index contributed by atoms with van der Waals surface area (Å²) in [7, 11) is 1.67. The van der Waals surface area contributed by atoms with E-state index in [9.17, 15) is 4.79 Å². The van der Waals surface area contributed by atoms with Crippen LogP contribution < -0.4 is 4.74 Å². The van der Waals surface area contributed by atoms with Gasteiger partial charge in [-0.25, -0.2) is 4.98 Å². The summed E-state index contributed by atoms with van der Waals surface area (Å²) in [5.41, 5.74) is 0. The number of hydrogen-bond acceptors (Lipinski definition) is 6. The van der Waals surface area contributed by atoms with E-state index in [1.807, 2.05) is 17.0 Å². The number of likely N-dealkylation sites (tertiary alicyclic amines) is 1. The van der Waals surface area contributed by atoms with Crippen LogP contribution >= 0.6 is 0 Å². The number of carbonyl (C=O) groups is 1. The number of aryl methyl sites for hydroxylation is 1. The Morgan fingerprint density at radius 1 is 1.42 bits per heavy atom. The molecule has 0 aromatic carbocycles. The highest BCUT2D eigenvalue weighted by Crippen LogP contribution is 2.22. The van der Waals surface area contributed by atoms with Crippen LogP contribution in [0.5, 0.6) is 5.75 Å². The van der Waals surface area contributed by atoms with Gasteiger partial charge in [-0.2, -0.15) is 5.10 Å². The van der Waals surface area contributed by atoms with E-state index in [-0.39, 0.29) is 18.1 Å². The molecule has 2 atom stereocenters. The summed E-state index contributed by atoms with van der Waals surface area (Å²) >= 11 is 0. The molecule has 1 aliphatic rings. The maximum Gasteiger partial charge on any atom is 0.224 e. The Morgan fingerprint density at radius 3 is 3.04 bits per heavy atom. The van der Waals surface area contributed by atoms with Crippen LogP contribution in [-0.4, -0.2) is 63.0 Å². The lowest BCUT2D eigenvalue weighted by atomic mass is 10.2. The quantitative estimate of drug-likeness (QED) is 0.745. The Kier molecular flexibility index (Phi) is 5.37. The van der Waals surface area contributed by atoms with Crippen molar-refractivity contribution < 1.29 is 14.3 Å². The second kappa shape index (κ2) is 7.87. The number of carbonyl (C=O) groups excluding carboxylic acids is 1. The summed E-state index contributed by atoms with van der Waals surface area (Å²) in [6, 6.07) is 3.67. The van der Waals surface area contributed by atoms with Crippen molar-refractivity contribution in [2.75, 3.05) is 20.3 Å². The Morgan fingerprint density at radius 2 is 2.33 bits per heavy atom. The monoisotopic (exact) mass is 331 g/mol. The third-order valence-electron chi connectivity index (χ3n) is 4.13. The van der Waals surface area contributed by atoms with Gasteiger partial charge in [-0.3, -0.25) is 14.5 Å². The molecule has 3 heterocycles. The van der Waals surface area contributed by atoms with Gasteiger partial charge >= 0.3 is 0 Å². The summed E-state index contributed by atoms with van der Waals surface area (Å²) < 4.78 is 12.9. The summed E-state index contributed by atoms with van der Waals surface area (Å²) in [6.07, 6.45) is 7.63. The van der Waals surface area contributed by atoms with E-state index in [1.54, 1.807) is 30.5 Å². The Labute approximate surface area is 140 Å². The number of rotatable bonds is 7. The fraction of sp³-hybridized carbons (Fsp3) is 0.500. The molecule has 0 N–H and O–H groups in total. The van der Waals surface area contributed by atoms with E-state index in [0.29, 0.717) is 31.9 Å². The predicted molar refractivity (Wildman–Crippen MR) is 85.3 cm³/mol. The molecule has 128 valence electrons. The minimum absolute atomic E-state index is 0.00148. The predicted octanol–water partition coefficient (Wildman–Crippen LogP) is 0.758. The average molecular weight is 331 g/mol. The summed E-state index contributed by atoms with van der Waals surface area (Å²) in [6.45, 7) is 1.54. The Balaban J connectivity index is 1.57. The second-order valence-corrected chi connectivity index (χ2v) is 5.70. The van der Waals surface area contributed by atoms with Gasteiger partial charge in [0.2, 0.25) is 5.91 Å². The molecule has 2 aromatic rings. The lowest BCUT2D eigenvalue weighted by Crippen LogP contribution is -2.39. The van der Waals surface area contributed by atoms with Crippen molar-refractivity contribution in [1.29, 1.82) is 0 Å². The average Bonchev–Trinajstić information content (AvgIpc) is 3.28. The highest BCUT2D eigenvalue weighted by Gasteiger charge is 2.35. The van der Waals surface area contributed by atoms with Crippen molar-refractivity contribution in [3.05, 3.63) is 37.2 Å². The van der Waals surface area contributed by atoms with Crippen LogP contribution in [0.25, 0.3) is 0 Å². The zero-order valence-corrected chi connectivity index (χ0v) is 13.6. The molecule has 1 fully saturated rings. The maximum absolute atomic E-state index is 12.6. The molecular weight excluding hydrogens is 310 g/mol. The minimum Gasteiger partial charge on any atom is -0.490 e. The molecule has 0 spiro atoms. The summed E-state index contributed by atoms with van der Waals surface area (Å²) in [5, 5.41) is 4.02. The van der Waals surface area contributed by atoms with E-state index in [0.717, 1.165) is 6.42 Å². The van der Waals surface area contributed by atoms with E-state index in [4.69, 9.17) is 9.47 Å². The fourth-order valence-electron chi connectivity index (χ4n) is 2.83. The highest BCUT2D eigenvalue weighted by molar-refractivity contribution is 5.76. The molecule has 0 aliphatic carbocycles. The number of nitrogens with zero attached hydrogens (tertiary/aromatic N) is 5. The lowest BCUT2D eigenvalue weighted by Gasteiger charge is -2.24. The first kappa shape index (κ1) is 16.4. The molecule has 24 heavy (non-hydrogen) atoms. The molecule has 8 nitrogen and oxygen atoms in total. The zero-order chi connectivity index (χ0) is 16.8. The van der Waals surface area contributed by atoms with Crippen LogP contribution in [0.3, 0.4) is 0 Å². The van der Waals surface area contributed by atoms with E-state index >= 15 is 0 Å². The number of pyridine rings is 1. The normalized spacial score (nSPS) is 20.3. The molecule has 0 saturated carbocycles. The Bertz CT molecular complexity index is 634. The standard InChI is InChI=1S/C16H21N5O3/c1-23-15-7-13(10-24-14-3-2-5-17-8-14)21(9-15)16(22)4-6-20-12-18-11-19-20/h2-3,5,8,11-13,15H,4,6-7,9-10H2,1H3/t13-,15+/m0/s1. The number of methoxy groups -OCH3 is 1. The van der Waals surface area contributed by atoms with Crippen molar-refractivity contribution in [3.63, 3.8) is 0 Å². The largest absolute Gasteiger partial charge is 0.490 e. The van der Waals surface area contributed by atoms with Crippen LogP contribution in [0, 0.1) is 0 Å². The molecule has 8 heteroatoms. The van der Waals surface area contributed by atoms with Crippen molar-refractivity contribution >= 4 is 5.91 Å². The minimum atomic E-state index is -0.00148. The van der Waals surface area contributed by atoms with Crippen LogP contribution in [0.15, 0.2) is 37.2 Å². The first-order valence-corrected chi connectivity index (χ1v) is 7.93. The van der Waals surface area contributed by atoms with Crippen LogP contribution in [0.4, 0.5) is 0 Å². The summed E-state index contributed by atoms with van der Waals surface area (Å²) in [4.78, 5) is 22.3. The van der Waals surface area contributed by atoms with Gasteiger partial charge in [0.15, 0.2) is 0 Å². The van der Waals surface area contributed by atoms with Crippen molar-refractivity contribution in [2.45, 2.75) is 31.5 Å². The molecule has 0 bridgehead atoms. The molecule has 1 amide bonds. The highest BCUT2D eigenvalue weighted by atomic mass is 16.5. The molecule has 2 aromatic heterocycles.